The van der Waals surface area contributed by atoms with Crippen molar-refractivity contribution in [3.8, 4) is 0 Å². The van der Waals surface area contributed by atoms with E-state index in [9.17, 15) is 34.8 Å². The van der Waals surface area contributed by atoms with Crippen molar-refractivity contribution in [1.29, 1.82) is 0 Å². The number of amides is 1. The van der Waals surface area contributed by atoms with E-state index < -0.39 is 42.0 Å². The highest BCUT2D eigenvalue weighted by molar-refractivity contribution is 5.81. The Kier molecular flexibility index (Phi) is 8.16. The molecule has 8 nitrogen and oxygen atoms in total. The first kappa shape index (κ1) is 18.7. The van der Waals surface area contributed by atoms with Crippen LogP contribution in [0.2, 0.25) is 0 Å². The van der Waals surface area contributed by atoms with E-state index in [0.717, 1.165) is 6.92 Å². The zero-order valence-corrected chi connectivity index (χ0v) is 11.4. The summed E-state index contributed by atoms with van der Waals surface area (Å²) >= 11 is 0. The molecule has 0 aromatic heterocycles. The third kappa shape index (κ3) is 6.20. The van der Waals surface area contributed by atoms with Crippen LogP contribution in [0.25, 0.3) is 0 Å². The van der Waals surface area contributed by atoms with Gasteiger partial charge >= 0.3 is 0 Å². The smallest absolute Gasteiger partial charge is 0.220 e. The Bertz CT molecular complexity index is 347. The molecule has 0 aromatic rings. The Morgan fingerprint density at radius 1 is 1.15 bits per heavy atom. The lowest BCUT2D eigenvalue weighted by molar-refractivity contribution is -0.143. The van der Waals surface area contributed by atoms with Gasteiger partial charge in [-0.05, 0) is 6.92 Å². The van der Waals surface area contributed by atoms with E-state index in [0.29, 0.717) is 6.29 Å². The van der Waals surface area contributed by atoms with Gasteiger partial charge in [-0.25, -0.2) is 0 Å². The molecule has 116 valence electrons. The van der Waals surface area contributed by atoms with Crippen molar-refractivity contribution in [1.82, 2.24) is 5.32 Å². The maximum absolute atomic E-state index is 11.3. The molecule has 0 fully saturated rings. The molecule has 0 aliphatic rings. The van der Waals surface area contributed by atoms with E-state index >= 15 is 0 Å². The van der Waals surface area contributed by atoms with E-state index in [1.54, 1.807) is 6.92 Å². The molecule has 0 heterocycles. The second kappa shape index (κ2) is 8.75. The van der Waals surface area contributed by atoms with Crippen molar-refractivity contribution in [2.24, 2.45) is 5.92 Å². The summed E-state index contributed by atoms with van der Waals surface area (Å²) in [5, 5.41) is 40.0. The normalized spacial score (nSPS) is 18.5. The van der Waals surface area contributed by atoms with Gasteiger partial charge in [0.1, 0.15) is 24.6 Å². The van der Waals surface area contributed by atoms with Crippen molar-refractivity contribution in [2.45, 2.75) is 44.7 Å². The number of ketones is 1. The largest absolute Gasteiger partial charge is 0.388 e. The van der Waals surface area contributed by atoms with E-state index in [2.05, 4.69) is 5.32 Å². The van der Waals surface area contributed by atoms with E-state index in [-0.39, 0.29) is 13.0 Å². The average Bonchev–Trinajstić information content (AvgIpc) is 2.41. The molecule has 5 atom stereocenters. The molecule has 5 N–H and O–H groups in total. The zero-order chi connectivity index (χ0) is 15.9. The van der Waals surface area contributed by atoms with Crippen LogP contribution >= 0.6 is 0 Å². The van der Waals surface area contributed by atoms with E-state index in [1.165, 1.54) is 0 Å². The van der Waals surface area contributed by atoms with Crippen LogP contribution < -0.4 is 5.32 Å². The van der Waals surface area contributed by atoms with Gasteiger partial charge in [0, 0.05) is 18.9 Å². The molecule has 0 aromatic carbocycles. The fraction of sp³-hybridized carbons (Fsp3) is 0.750. The highest BCUT2D eigenvalue weighted by Gasteiger charge is 2.32. The van der Waals surface area contributed by atoms with Gasteiger partial charge in [0.2, 0.25) is 5.91 Å². The van der Waals surface area contributed by atoms with Crippen molar-refractivity contribution >= 4 is 18.0 Å². The van der Waals surface area contributed by atoms with Crippen LogP contribution in [0, 0.1) is 5.92 Å². The number of aliphatic hydroxyl groups is 4. The van der Waals surface area contributed by atoms with Gasteiger partial charge in [0.15, 0.2) is 5.78 Å². The minimum Gasteiger partial charge on any atom is -0.388 e. The predicted molar refractivity (Wildman–Crippen MR) is 67.6 cm³/mol. The van der Waals surface area contributed by atoms with Crippen molar-refractivity contribution in [3.05, 3.63) is 0 Å². The molecule has 0 radical (unpaired) electrons. The number of Topliss-reactive ketones (excluding diaryl/α,β-unsaturated/α-hetero) is 1. The standard InChI is InChI=1S/C12H21NO7/c1-6(5-14)3-9(17)13-4-8(16)11(19)12(20)10(18)7(2)15/h5-6,8,10-12,16,18-20H,3-4H2,1-2H3,(H,13,17)/t6-,8+,10-,11-,12-/m1/s1. The molecular weight excluding hydrogens is 270 g/mol. The number of nitrogens with one attached hydrogen (secondary N) is 1. The first-order valence-corrected chi connectivity index (χ1v) is 6.15. The number of hydrogen-bond donors (Lipinski definition) is 5. The fourth-order valence-corrected chi connectivity index (χ4v) is 1.41. The van der Waals surface area contributed by atoms with Crippen LogP contribution in [0.1, 0.15) is 20.3 Å². The molecule has 0 aliphatic heterocycles. The molecule has 20 heavy (non-hydrogen) atoms. The summed E-state index contributed by atoms with van der Waals surface area (Å²) in [7, 11) is 0. The summed E-state index contributed by atoms with van der Waals surface area (Å²) in [6.45, 7) is 2.19. The monoisotopic (exact) mass is 291 g/mol. The molecule has 0 aliphatic carbocycles. The molecule has 8 heteroatoms. The summed E-state index contributed by atoms with van der Waals surface area (Å²) in [6, 6.07) is 0. The highest BCUT2D eigenvalue weighted by Crippen LogP contribution is 2.06. The molecule has 0 spiro atoms. The fourth-order valence-electron chi connectivity index (χ4n) is 1.41. The minimum absolute atomic E-state index is 0.0645. The Hall–Kier alpha value is -1.35. The van der Waals surface area contributed by atoms with Crippen molar-refractivity contribution in [2.75, 3.05) is 6.54 Å². The van der Waals surface area contributed by atoms with Gasteiger partial charge in [0.25, 0.3) is 0 Å². The van der Waals surface area contributed by atoms with Gasteiger partial charge in [-0.3, -0.25) is 9.59 Å². The summed E-state index contributed by atoms with van der Waals surface area (Å²) in [4.78, 5) is 32.5. The van der Waals surface area contributed by atoms with Crippen LogP contribution in [0.3, 0.4) is 0 Å². The Morgan fingerprint density at radius 3 is 2.15 bits per heavy atom. The summed E-state index contributed by atoms with van der Waals surface area (Å²) in [5.74, 6) is -1.73. The van der Waals surface area contributed by atoms with Gasteiger partial charge in [-0.1, -0.05) is 6.92 Å². The molecule has 0 rings (SSSR count). The molecule has 0 saturated heterocycles. The zero-order valence-electron chi connectivity index (χ0n) is 11.4. The van der Waals surface area contributed by atoms with Gasteiger partial charge in [-0.2, -0.15) is 0 Å². The quantitative estimate of drug-likeness (QED) is 0.292. The van der Waals surface area contributed by atoms with Crippen LogP contribution in [0.4, 0.5) is 0 Å². The lowest BCUT2D eigenvalue weighted by Crippen LogP contribution is -2.50. The van der Waals surface area contributed by atoms with Crippen LogP contribution in [-0.4, -0.2) is 69.4 Å². The predicted octanol–water partition coefficient (Wildman–Crippen LogP) is -2.64. The van der Waals surface area contributed by atoms with Crippen LogP contribution in [-0.2, 0) is 14.4 Å². The molecule has 0 unspecified atom stereocenters. The third-order valence-corrected chi connectivity index (χ3v) is 2.73. The van der Waals surface area contributed by atoms with Crippen molar-refractivity contribution in [3.63, 3.8) is 0 Å². The highest BCUT2D eigenvalue weighted by atomic mass is 16.4. The molecule has 0 bridgehead atoms. The number of carbonyl (C=O) groups excluding carboxylic acids is 3. The molecule has 1 amide bonds. The number of aldehydes is 1. The Labute approximate surface area is 116 Å². The molecule has 0 saturated carbocycles. The maximum atomic E-state index is 11.3. The topological polar surface area (TPSA) is 144 Å². The number of carbonyl (C=O) groups is 3. The number of hydrogen-bond acceptors (Lipinski definition) is 7. The summed E-state index contributed by atoms with van der Waals surface area (Å²) in [6.07, 6.45) is -6.48. The van der Waals surface area contributed by atoms with E-state index in [4.69, 9.17) is 0 Å². The number of aliphatic hydroxyl groups excluding tert-OH is 4. The van der Waals surface area contributed by atoms with E-state index in [1.807, 2.05) is 0 Å². The summed E-state index contributed by atoms with van der Waals surface area (Å²) < 4.78 is 0. The maximum Gasteiger partial charge on any atom is 0.220 e. The summed E-state index contributed by atoms with van der Waals surface area (Å²) in [5.41, 5.74) is 0. The number of rotatable bonds is 9. The third-order valence-electron chi connectivity index (χ3n) is 2.73. The van der Waals surface area contributed by atoms with Gasteiger partial charge < -0.3 is 30.5 Å². The van der Waals surface area contributed by atoms with Gasteiger partial charge in [-0.15, -0.1) is 0 Å². The minimum atomic E-state index is -1.85. The van der Waals surface area contributed by atoms with Crippen LogP contribution in [0.15, 0.2) is 0 Å². The first-order chi connectivity index (χ1) is 9.20. The van der Waals surface area contributed by atoms with Gasteiger partial charge in [0.05, 0.1) is 6.10 Å². The Balaban J connectivity index is 4.26. The van der Waals surface area contributed by atoms with Crippen molar-refractivity contribution < 1.29 is 34.8 Å². The lowest BCUT2D eigenvalue weighted by Gasteiger charge is -2.25. The average molecular weight is 291 g/mol. The lowest BCUT2D eigenvalue weighted by atomic mass is 10.0. The molecular formula is C12H21NO7. The SMILES string of the molecule is CC(=O)[C@@H](O)[C@@H](O)[C@H](O)[C@@H](O)CNC(=O)C[C@@H](C)C=O. The second-order valence-corrected chi connectivity index (χ2v) is 4.73. The Morgan fingerprint density at radius 2 is 1.70 bits per heavy atom. The van der Waals surface area contributed by atoms with Crippen LogP contribution in [0.5, 0.6) is 0 Å². The second-order valence-electron chi connectivity index (χ2n) is 4.73. The first-order valence-electron chi connectivity index (χ1n) is 6.15.